The normalized spacial score (nSPS) is 27.2. The third-order valence-corrected chi connectivity index (χ3v) is 9.20. The molecule has 2 unspecified atom stereocenters. The largest absolute Gasteiger partial charge is 0.367 e. The Kier molecular flexibility index (Phi) is 5.85. The number of imidazole rings is 1. The summed E-state index contributed by atoms with van der Waals surface area (Å²) in [5.41, 5.74) is -0.141. The van der Waals surface area contributed by atoms with Gasteiger partial charge < -0.3 is 10.2 Å². The molecular formula is C21H26F3N7O2S2. The number of aromatic nitrogens is 4. The lowest BCUT2D eigenvalue weighted by Crippen LogP contribution is -2.54. The average molecular weight is 530 g/mol. The number of alkyl halides is 2. The first kappa shape index (κ1) is 24.4. The van der Waals surface area contributed by atoms with Crippen molar-refractivity contribution in [2.75, 3.05) is 18.0 Å². The monoisotopic (exact) mass is 529 g/mol. The minimum Gasteiger partial charge on any atom is -0.367 e. The number of rotatable bonds is 6. The molecule has 0 radical (unpaired) electrons. The van der Waals surface area contributed by atoms with E-state index >= 15 is 4.39 Å². The first-order valence-corrected chi connectivity index (χ1v) is 13.6. The van der Waals surface area contributed by atoms with Crippen molar-refractivity contribution in [1.29, 1.82) is 0 Å². The summed E-state index contributed by atoms with van der Waals surface area (Å²) in [6.45, 7) is 8.80. The maximum absolute atomic E-state index is 15.3. The molecule has 2 aliphatic rings. The number of halogens is 3. The van der Waals surface area contributed by atoms with Crippen LogP contribution < -0.4 is 14.9 Å². The van der Waals surface area contributed by atoms with Crippen molar-refractivity contribution in [1.82, 2.24) is 29.6 Å². The zero-order chi connectivity index (χ0) is 25.3. The SMILES string of the molecule is CC1CC1(C)NS(=O)(=O)c1cc(N2C[C@H](C)N[C@@H](C)C2)c2c(F)nc(-c3nnc(C(F)F)s3)n2c1. The zero-order valence-corrected chi connectivity index (χ0v) is 21.2. The summed E-state index contributed by atoms with van der Waals surface area (Å²) in [5, 5.41) is 10.1. The Balaban J connectivity index is 1.70. The summed E-state index contributed by atoms with van der Waals surface area (Å²) < 4.78 is 72.4. The predicted octanol–water partition coefficient (Wildman–Crippen LogP) is 3.19. The van der Waals surface area contributed by atoms with Crippen molar-refractivity contribution >= 4 is 32.6 Å². The second kappa shape index (κ2) is 8.39. The number of nitrogens with zero attached hydrogens (tertiary/aromatic N) is 5. The van der Waals surface area contributed by atoms with Crippen LogP contribution in [-0.4, -0.2) is 58.7 Å². The van der Waals surface area contributed by atoms with Crippen LogP contribution in [-0.2, 0) is 10.0 Å². The van der Waals surface area contributed by atoms with Crippen LogP contribution in [0.4, 0.5) is 18.9 Å². The zero-order valence-electron chi connectivity index (χ0n) is 19.6. The second-order valence-electron chi connectivity index (χ2n) is 9.75. The molecule has 9 nitrogen and oxygen atoms in total. The number of fused-ring (bicyclic) bond motifs is 1. The van der Waals surface area contributed by atoms with Crippen molar-refractivity contribution in [3.05, 3.63) is 23.2 Å². The fourth-order valence-corrected chi connectivity index (χ4v) is 6.90. The molecule has 0 spiro atoms. The molecule has 3 aromatic heterocycles. The van der Waals surface area contributed by atoms with Crippen LogP contribution in [0.15, 0.2) is 17.2 Å². The van der Waals surface area contributed by atoms with Crippen LogP contribution >= 0.6 is 11.3 Å². The van der Waals surface area contributed by atoms with E-state index in [2.05, 4.69) is 25.2 Å². The Hall–Kier alpha value is -2.29. The van der Waals surface area contributed by atoms with Crippen molar-refractivity contribution in [3.63, 3.8) is 0 Å². The molecule has 0 aromatic carbocycles. The third kappa shape index (κ3) is 4.41. The molecule has 2 N–H and O–H groups in total. The van der Waals surface area contributed by atoms with Gasteiger partial charge in [0.05, 0.1) is 5.69 Å². The fourth-order valence-electron chi connectivity index (χ4n) is 4.69. The fraction of sp³-hybridized carbons (Fsp3) is 0.571. The van der Waals surface area contributed by atoms with E-state index in [0.717, 1.165) is 0 Å². The maximum Gasteiger partial charge on any atom is 0.291 e. The number of pyridine rings is 1. The number of piperazine rings is 1. The summed E-state index contributed by atoms with van der Waals surface area (Å²) >= 11 is 0.587. The summed E-state index contributed by atoms with van der Waals surface area (Å²) in [7, 11) is -3.98. The summed E-state index contributed by atoms with van der Waals surface area (Å²) in [5.74, 6) is -0.740. The molecule has 4 atom stereocenters. The summed E-state index contributed by atoms with van der Waals surface area (Å²) in [6, 6.07) is 1.61. The molecule has 0 amide bonds. The van der Waals surface area contributed by atoms with E-state index in [1.54, 1.807) is 0 Å². The average Bonchev–Trinajstić information content (AvgIpc) is 3.12. The predicted molar refractivity (Wildman–Crippen MR) is 126 cm³/mol. The number of hydrogen-bond acceptors (Lipinski definition) is 8. The summed E-state index contributed by atoms with van der Waals surface area (Å²) in [4.78, 5) is 5.79. The van der Waals surface area contributed by atoms with E-state index in [9.17, 15) is 17.2 Å². The number of anilines is 1. The first-order chi connectivity index (χ1) is 16.4. The second-order valence-corrected chi connectivity index (χ2v) is 12.4. The van der Waals surface area contributed by atoms with Crippen LogP contribution in [0.1, 0.15) is 45.5 Å². The minimum absolute atomic E-state index is 0.0301. The van der Waals surface area contributed by atoms with Crippen LogP contribution in [0.5, 0.6) is 0 Å². The van der Waals surface area contributed by atoms with Crippen molar-refractivity contribution < 1.29 is 21.6 Å². The van der Waals surface area contributed by atoms with Gasteiger partial charge in [0.1, 0.15) is 10.4 Å². The van der Waals surface area contributed by atoms with E-state index in [1.807, 2.05) is 32.6 Å². The van der Waals surface area contributed by atoms with E-state index in [-0.39, 0.29) is 39.2 Å². The molecule has 14 heteroatoms. The molecule has 1 aliphatic heterocycles. The van der Waals surface area contributed by atoms with Gasteiger partial charge in [0.15, 0.2) is 15.8 Å². The molecule has 1 saturated carbocycles. The van der Waals surface area contributed by atoms with E-state index in [0.29, 0.717) is 36.5 Å². The van der Waals surface area contributed by atoms with Crippen molar-refractivity contribution in [2.45, 2.75) is 63.1 Å². The van der Waals surface area contributed by atoms with Gasteiger partial charge in [-0.1, -0.05) is 18.3 Å². The molecule has 1 saturated heterocycles. The third-order valence-electron chi connectivity index (χ3n) is 6.70. The van der Waals surface area contributed by atoms with Crippen molar-refractivity contribution in [2.24, 2.45) is 5.92 Å². The Bertz CT molecular complexity index is 1380. The van der Waals surface area contributed by atoms with Crippen molar-refractivity contribution in [3.8, 4) is 10.8 Å². The molecule has 35 heavy (non-hydrogen) atoms. The number of sulfonamides is 1. The van der Waals surface area contributed by atoms with Crippen LogP contribution in [0, 0.1) is 11.9 Å². The lowest BCUT2D eigenvalue weighted by atomic mass is 10.1. The Morgan fingerprint density at radius 2 is 1.89 bits per heavy atom. The smallest absolute Gasteiger partial charge is 0.291 e. The maximum atomic E-state index is 15.3. The van der Waals surface area contributed by atoms with Gasteiger partial charge >= 0.3 is 0 Å². The highest BCUT2D eigenvalue weighted by Gasteiger charge is 2.49. The van der Waals surface area contributed by atoms with Crippen LogP contribution in [0.3, 0.4) is 0 Å². The van der Waals surface area contributed by atoms with E-state index < -0.39 is 32.9 Å². The molecule has 5 rings (SSSR count). The van der Waals surface area contributed by atoms with E-state index in [1.165, 1.54) is 16.7 Å². The van der Waals surface area contributed by atoms with Crippen LogP contribution in [0.25, 0.3) is 16.3 Å². The highest BCUT2D eigenvalue weighted by Crippen LogP contribution is 2.44. The summed E-state index contributed by atoms with van der Waals surface area (Å²) in [6.07, 6.45) is -0.861. The lowest BCUT2D eigenvalue weighted by molar-refractivity contribution is 0.150. The quantitative estimate of drug-likeness (QED) is 0.505. The highest BCUT2D eigenvalue weighted by molar-refractivity contribution is 7.89. The number of nitrogens with one attached hydrogen (secondary N) is 2. The minimum atomic E-state index is -3.98. The highest BCUT2D eigenvalue weighted by atomic mass is 32.2. The first-order valence-electron chi connectivity index (χ1n) is 11.3. The molecule has 0 bridgehead atoms. The molecule has 4 heterocycles. The van der Waals surface area contributed by atoms with Gasteiger partial charge in [-0.3, -0.25) is 4.40 Å². The van der Waals surface area contributed by atoms with Gasteiger partial charge in [-0.15, -0.1) is 10.2 Å². The molecule has 190 valence electrons. The Morgan fingerprint density at radius 1 is 1.23 bits per heavy atom. The topological polar surface area (TPSA) is 105 Å². The number of hydrogen-bond donors (Lipinski definition) is 2. The molecular weight excluding hydrogens is 503 g/mol. The lowest BCUT2D eigenvalue weighted by Gasteiger charge is -2.38. The molecule has 3 aromatic rings. The molecule has 2 fully saturated rings. The standard InChI is InChI=1S/C21H26F3N7O2S2/c1-10-6-21(10,4)29-35(32,33)13-5-14(30-7-11(2)25-12(3)8-30)15-17(24)26-18(31(15)9-13)20-28-27-19(34-20)16(22)23/h5,9-12,16,25,29H,6-8H2,1-4H3/t10?,11-,12-,21?/m0/s1. The van der Waals surface area contributed by atoms with Gasteiger partial charge in [-0.25, -0.2) is 21.9 Å². The van der Waals surface area contributed by atoms with Gasteiger partial charge in [-0.05, 0) is 39.2 Å². The van der Waals surface area contributed by atoms with Gasteiger partial charge in [0.2, 0.25) is 16.0 Å². The Morgan fingerprint density at radius 3 is 2.46 bits per heavy atom. The molecule has 1 aliphatic carbocycles. The van der Waals surface area contributed by atoms with Gasteiger partial charge in [0, 0.05) is 36.9 Å². The van der Waals surface area contributed by atoms with Gasteiger partial charge in [-0.2, -0.15) is 9.37 Å². The van der Waals surface area contributed by atoms with Gasteiger partial charge in [0.25, 0.3) is 6.43 Å². The van der Waals surface area contributed by atoms with Crippen LogP contribution in [0.2, 0.25) is 0 Å². The Labute approximate surface area is 204 Å². The van der Waals surface area contributed by atoms with E-state index in [4.69, 9.17) is 0 Å².